The standard InChI is InChI=1S/C18H22N6O2/c1-2-24-8-7-19-17(24)16(12-5-9-26-10-6-12)20-18(25)13-3-4-14-15(11-13)22-23-21-14/h3-4,7-8,11-12,16H,2,5-6,9-10H2,1H3,(H,20,25)(H,21,22,23)/t16-/m1/s1. The minimum Gasteiger partial charge on any atom is -0.381 e. The zero-order chi connectivity index (χ0) is 17.9. The van der Waals surface area contributed by atoms with Crippen LogP contribution in [0.25, 0.3) is 11.0 Å². The minimum atomic E-state index is -0.144. The van der Waals surface area contributed by atoms with E-state index in [0.29, 0.717) is 17.0 Å². The molecule has 0 spiro atoms. The molecule has 1 aromatic carbocycles. The maximum atomic E-state index is 12.9. The van der Waals surface area contributed by atoms with Crippen LogP contribution in [0, 0.1) is 5.92 Å². The average Bonchev–Trinajstić information content (AvgIpc) is 3.34. The highest BCUT2D eigenvalue weighted by atomic mass is 16.5. The first-order valence-electron chi connectivity index (χ1n) is 8.96. The molecule has 3 aromatic rings. The molecule has 1 atom stereocenters. The lowest BCUT2D eigenvalue weighted by molar-refractivity contribution is 0.0498. The van der Waals surface area contributed by atoms with Crippen molar-refractivity contribution in [1.29, 1.82) is 0 Å². The van der Waals surface area contributed by atoms with E-state index in [0.717, 1.165) is 43.9 Å². The first-order valence-corrected chi connectivity index (χ1v) is 8.96. The van der Waals surface area contributed by atoms with Crippen LogP contribution >= 0.6 is 0 Å². The number of hydrogen-bond acceptors (Lipinski definition) is 5. The molecule has 2 N–H and O–H groups in total. The predicted octanol–water partition coefficient (Wildman–Crippen LogP) is 2.07. The quantitative estimate of drug-likeness (QED) is 0.731. The van der Waals surface area contributed by atoms with Gasteiger partial charge in [-0.25, -0.2) is 4.98 Å². The molecule has 4 rings (SSSR count). The van der Waals surface area contributed by atoms with Gasteiger partial charge >= 0.3 is 0 Å². The SMILES string of the molecule is CCn1ccnc1[C@H](NC(=O)c1ccc2n[nH]nc2c1)C1CCOCC1. The lowest BCUT2D eigenvalue weighted by atomic mass is 9.90. The number of rotatable bonds is 5. The lowest BCUT2D eigenvalue weighted by Crippen LogP contribution is -2.37. The van der Waals surface area contributed by atoms with Crippen LogP contribution in [0.2, 0.25) is 0 Å². The van der Waals surface area contributed by atoms with Gasteiger partial charge in [-0.15, -0.1) is 0 Å². The second-order valence-corrected chi connectivity index (χ2v) is 6.50. The summed E-state index contributed by atoms with van der Waals surface area (Å²) >= 11 is 0. The number of carbonyl (C=O) groups excluding carboxylic acids is 1. The first kappa shape index (κ1) is 16.7. The van der Waals surface area contributed by atoms with Crippen molar-refractivity contribution in [3.05, 3.63) is 42.0 Å². The molecule has 0 aliphatic carbocycles. The highest BCUT2D eigenvalue weighted by Crippen LogP contribution is 2.30. The molecule has 1 amide bonds. The summed E-state index contributed by atoms with van der Waals surface area (Å²) in [5.74, 6) is 1.07. The lowest BCUT2D eigenvalue weighted by Gasteiger charge is -2.31. The van der Waals surface area contributed by atoms with Crippen LogP contribution in [0.15, 0.2) is 30.6 Å². The molecule has 8 heteroatoms. The summed E-state index contributed by atoms with van der Waals surface area (Å²) in [4.78, 5) is 17.5. The summed E-state index contributed by atoms with van der Waals surface area (Å²) < 4.78 is 7.58. The molecule has 1 saturated heterocycles. The van der Waals surface area contributed by atoms with Crippen molar-refractivity contribution >= 4 is 16.9 Å². The molecule has 26 heavy (non-hydrogen) atoms. The van der Waals surface area contributed by atoms with Gasteiger partial charge in [-0.05, 0) is 43.9 Å². The highest BCUT2D eigenvalue weighted by molar-refractivity contribution is 5.97. The van der Waals surface area contributed by atoms with E-state index in [1.807, 2.05) is 6.20 Å². The average molecular weight is 354 g/mol. The fourth-order valence-electron chi connectivity index (χ4n) is 3.52. The van der Waals surface area contributed by atoms with Crippen molar-refractivity contribution in [3.63, 3.8) is 0 Å². The van der Waals surface area contributed by atoms with E-state index >= 15 is 0 Å². The van der Waals surface area contributed by atoms with Crippen LogP contribution in [0.1, 0.15) is 42.0 Å². The van der Waals surface area contributed by atoms with E-state index in [1.165, 1.54) is 0 Å². The largest absolute Gasteiger partial charge is 0.381 e. The number of carbonyl (C=O) groups is 1. The Kier molecular flexibility index (Phi) is 4.66. The van der Waals surface area contributed by atoms with Gasteiger partial charge in [0.1, 0.15) is 16.9 Å². The number of H-pyrrole nitrogens is 1. The maximum absolute atomic E-state index is 12.9. The fourth-order valence-corrected chi connectivity index (χ4v) is 3.52. The van der Waals surface area contributed by atoms with Gasteiger partial charge in [-0.3, -0.25) is 4.79 Å². The second-order valence-electron chi connectivity index (χ2n) is 6.50. The van der Waals surface area contributed by atoms with Crippen molar-refractivity contribution in [2.24, 2.45) is 5.92 Å². The van der Waals surface area contributed by atoms with Crippen LogP contribution < -0.4 is 5.32 Å². The van der Waals surface area contributed by atoms with Crippen LogP contribution in [0.3, 0.4) is 0 Å². The summed E-state index contributed by atoms with van der Waals surface area (Å²) in [5, 5.41) is 13.9. The Morgan fingerprint density at radius 1 is 1.35 bits per heavy atom. The van der Waals surface area contributed by atoms with Gasteiger partial charge in [0.05, 0.1) is 6.04 Å². The Balaban J connectivity index is 1.61. The van der Waals surface area contributed by atoms with Gasteiger partial charge < -0.3 is 14.6 Å². The number of amides is 1. The van der Waals surface area contributed by atoms with E-state index < -0.39 is 0 Å². The molecular weight excluding hydrogens is 332 g/mol. The zero-order valence-electron chi connectivity index (χ0n) is 14.7. The van der Waals surface area contributed by atoms with Crippen LogP contribution in [-0.2, 0) is 11.3 Å². The third-order valence-corrected chi connectivity index (χ3v) is 4.97. The number of nitrogens with zero attached hydrogens (tertiary/aromatic N) is 4. The Morgan fingerprint density at radius 2 is 2.15 bits per heavy atom. The number of hydrogen-bond donors (Lipinski definition) is 2. The van der Waals surface area contributed by atoms with Crippen LogP contribution in [0.4, 0.5) is 0 Å². The molecule has 0 saturated carbocycles. The molecule has 0 radical (unpaired) electrons. The number of ether oxygens (including phenoxy) is 1. The first-order chi connectivity index (χ1) is 12.8. The molecule has 136 valence electrons. The molecule has 1 fully saturated rings. The van der Waals surface area contributed by atoms with Crippen molar-refractivity contribution in [3.8, 4) is 0 Å². The molecule has 8 nitrogen and oxygen atoms in total. The van der Waals surface area contributed by atoms with Gasteiger partial charge in [0.25, 0.3) is 5.91 Å². The summed E-state index contributed by atoms with van der Waals surface area (Å²) in [6, 6.07) is 5.17. The van der Waals surface area contributed by atoms with Crippen LogP contribution in [0.5, 0.6) is 0 Å². The predicted molar refractivity (Wildman–Crippen MR) is 95.5 cm³/mol. The van der Waals surface area contributed by atoms with Crippen molar-refractivity contribution < 1.29 is 9.53 Å². The number of aryl methyl sites for hydroxylation is 1. The molecule has 1 aliphatic rings. The number of aromatic nitrogens is 5. The summed E-state index contributed by atoms with van der Waals surface area (Å²) in [6.07, 6.45) is 5.56. The van der Waals surface area contributed by atoms with Crippen molar-refractivity contribution in [2.45, 2.75) is 32.4 Å². The third kappa shape index (κ3) is 3.20. The van der Waals surface area contributed by atoms with Crippen LogP contribution in [-0.4, -0.2) is 44.1 Å². The zero-order valence-corrected chi connectivity index (χ0v) is 14.7. The van der Waals surface area contributed by atoms with E-state index in [1.54, 1.807) is 24.4 Å². The summed E-state index contributed by atoms with van der Waals surface area (Å²) in [7, 11) is 0. The van der Waals surface area contributed by atoms with Crippen molar-refractivity contribution in [2.75, 3.05) is 13.2 Å². The Morgan fingerprint density at radius 3 is 2.96 bits per heavy atom. The number of benzene rings is 1. The normalized spacial score (nSPS) is 16.7. The smallest absolute Gasteiger partial charge is 0.251 e. The number of fused-ring (bicyclic) bond motifs is 1. The Labute approximate surface area is 150 Å². The van der Waals surface area contributed by atoms with Gasteiger partial charge in [0.2, 0.25) is 0 Å². The molecule has 0 unspecified atom stereocenters. The monoisotopic (exact) mass is 354 g/mol. The minimum absolute atomic E-state index is 0.128. The topological polar surface area (TPSA) is 97.7 Å². The maximum Gasteiger partial charge on any atom is 0.251 e. The van der Waals surface area contributed by atoms with E-state index in [-0.39, 0.29) is 11.9 Å². The van der Waals surface area contributed by atoms with Gasteiger partial charge in [0, 0.05) is 37.7 Å². The van der Waals surface area contributed by atoms with E-state index in [9.17, 15) is 4.79 Å². The summed E-state index contributed by atoms with van der Waals surface area (Å²) in [5.41, 5.74) is 1.98. The summed E-state index contributed by atoms with van der Waals surface area (Å²) in [6.45, 7) is 4.33. The van der Waals surface area contributed by atoms with Gasteiger partial charge in [-0.2, -0.15) is 15.4 Å². The molecule has 0 bridgehead atoms. The number of imidazole rings is 1. The number of nitrogens with one attached hydrogen (secondary N) is 2. The Bertz CT molecular complexity index is 896. The van der Waals surface area contributed by atoms with Gasteiger partial charge in [0.15, 0.2) is 0 Å². The molecule has 2 aromatic heterocycles. The third-order valence-electron chi connectivity index (χ3n) is 4.97. The Hall–Kier alpha value is -2.74. The van der Waals surface area contributed by atoms with Crippen molar-refractivity contribution in [1.82, 2.24) is 30.3 Å². The fraction of sp³-hybridized carbons (Fsp3) is 0.444. The molecule has 3 heterocycles. The molecule has 1 aliphatic heterocycles. The molecular formula is C18H22N6O2. The highest BCUT2D eigenvalue weighted by Gasteiger charge is 2.30. The van der Waals surface area contributed by atoms with E-state index in [2.05, 4.69) is 37.2 Å². The van der Waals surface area contributed by atoms with E-state index in [4.69, 9.17) is 4.74 Å². The second kappa shape index (κ2) is 7.25. The van der Waals surface area contributed by atoms with Gasteiger partial charge in [-0.1, -0.05) is 0 Å². The number of aromatic amines is 1.